The number of aldehydes is 1. The maximum atomic E-state index is 10.6. The highest BCUT2D eigenvalue weighted by Gasteiger charge is 2.01. The van der Waals surface area contributed by atoms with E-state index in [0.29, 0.717) is 5.69 Å². The third-order valence-corrected chi connectivity index (χ3v) is 2.41. The largest absolute Gasteiger partial charge is 0.296 e. The lowest BCUT2D eigenvalue weighted by Crippen LogP contribution is -1.91. The Morgan fingerprint density at radius 3 is 2.92 bits per heavy atom. The predicted octanol–water partition coefficient (Wildman–Crippen LogP) is 2.05. The highest BCUT2D eigenvalue weighted by molar-refractivity contribution is 14.1. The molecule has 0 aliphatic carbocycles. The fraction of sp³-hybridized carbons (Fsp3) is 0. The summed E-state index contributed by atoms with van der Waals surface area (Å²) in [4.78, 5) is 18.6. The monoisotopic (exact) mass is 284 g/mol. The maximum Gasteiger partial charge on any atom is 0.169 e. The minimum atomic E-state index is 0.448. The molecule has 0 saturated heterocycles. The van der Waals surface area contributed by atoms with Gasteiger partial charge < -0.3 is 0 Å². The van der Waals surface area contributed by atoms with E-state index >= 15 is 0 Å². The topological polar surface area (TPSA) is 42.9 Å². The summed E-state index contributed by atoms with van der Waals surface area (Å²) in [5, 5.41) is 0.810. The summed E-state index contributed by atoms with van der Waals surface area (Å²) in [5.41, 5.74) is 1.25. The van der Waals surface area contributed by atoms with Crippen LogP contribution in [-0.2, 0) is 0 Å². The minimum absolute atomic E-state index is 0.448. The SMILES string of the molecule is O=Cc1ncnc2ccc(I)cc12. The van der Waals surface area contributed by atoms with Gasteiger partial charge in [-0.1, -0.05) is 0 Å². The van der Waals surface area contributed by atoms with E-state index in [-0.39, 0.29) is 0 Å². The quantitative estimate of drug-likeness (QED) is 0.594. The Morgan fingerprint density at radius 1 is 1.31 bits per heavy atom. The minimum Gasteiger partial charge on any atom is -0.296 e. The number of carbonyl (C=O) groups is 1. The van der Waals surface area contributed by atoms with Crippen molar-refractivity contribution in [1.82, 2.24) is 9.97 Å². The first kappa shape index (κ1) is 8.55. The van der Waals surface area contributed by atoms with Crippen LogP contribution in [0.3, 0.4) is 0 Å². The fourth-order valence-electron chi connectivity index (χ4n) is 1.14. The molecule has 2 rings (SSSR count). The van der Waals surface area contributed by atoms with Crippen LogP contribution in [0.4, 0.5) is 0 Å². The molecule has 64 valence electrons. The molecule has 0 aliphatic rings. The van der Waals surface area contributed by atoms with Crippen molar-refractivity contribution < 1.29 is 4.79 Å². The summed E-state index contributed by atoms with van der Waals surface area (Å²) in [7, 11) is 0. The van der Waals surface area contributed by atoms with E-state index in [9.17, 15) is 4.79 Å². The molecule has 0 saturated carbocycles. The number of fused-ring (bicyclic) bond motifs is 1. The average Bonchev–Trinajstić information content (AvgIpc) is 2.17. The molecular formula is C9H5IN2O. The number of nitrogens with zero attached hydrogens (tertiary/aromatic N) is 2. The Hall–Kier alpha value is -1.04. The van der Waals surface area contributed by atoms with Crippen LogP contribution in [-0.4, -0.2) is 16.3 Å². The van der Waals surface area contributed by atoms with Crippen LogP contribution in [0.15, 0.2) is 24.5 Å². The molecule has 0 amide bonds. The smallest absolute Gasteiger partial charge is 0.169 e. The van der Waals surface area contributed by atoms with Crippen LogP contribution in [0, 0.1) is 3.57 Å². The van der Waals surface area contributed by atoms with Crippen molar-refractivity contribution in [3.05, 3.63) is 33.8 Å². The van der Waals surface area contributed by atoms with Crippen LogP contribution in [0.5, 0.6) is 0 Å². The molecule has 0 aliphatic heterocycles. The molecule has 0 fully saturated rings. The first-order valence-electron chi connectivity index (χ1n) is 3.67. The van der Waals surface area contributed by atoms with Gasteiger partial charge in [-0.25, -0.2) is 9.97 Å². The summed E-state index contributed by atoms with van der Waals surface area (Å²) in [6.45, 7) is 0. The lowest BCUT2D eigenvalue weighted by atomic mass is 10.2. The Kier molecular flexibility index (Phi) is 2.22. The van der Waals surface area contributed by atoms with Crippen molar-refractivity contribution in [2.24, 2.45) is 0 Å². The number of aromatic nitrogens is 2. The number of hydrogen-bond donors (Lipinski definition) is 0. The lowest BCUT2D eigenvalue weighted by Gasteiger charge is -1.98. The van der Waals surface area contributed by atoms with Crippen LogP contribution in [0.25, 0.3) is 10.9 Å². The van der Waals surface area contributed by atoms with Gasteiger partial charge in [0.25, 0.3) is 0 Å². The standard InChI is InChI=1S/C9H5IN2O/c10-6-1-2-8-7(3-6)9(4-13)12-5-11-8/h1-5H. The Balaban J connectivity index is 2.86. The van der Waals surface area contributed by atoms with Crippen molar-refractivity contribution >= 4 is 39.8 Å². The van der Waals surface area contributed by atoms with Gasteiger partial charge in [0, 0.05) is 8.96 Å². The second kappa shape index (κ2) is 3.37. The van der Waals surface area contributed by atoms with Crippen molar-refractivity contribution in [2.75, 3.05) is 0 Å². The summed E-state index contributed by atoms with van der Waals surface area (Å²) in [6.07, 6.45) is 2.15. The van der Waals surface area contributed by atoms with Gasteiger partial charge in [0.1, 0.15) is 12.0 Å². The molecule has 0 spiro atoms. The second-order valence-corrected chi connectivity index (χ2v) is 3.78. The predicted molar refractivity (Wildman–Crippen MR) is 57.6 cm³/mol. The number of carbonyl (C=O) groups excluding carboxylic acids is 1. The average molecular weight is 284 g/mol. The van der Waals surface area contributed by atoms with Gasteiger partial charge >= 0.3 is 0 Å². The number of halogens is 1. The molecule has 3 nitrogen and oxygen atoms in total. The molecular weight excluding hydrogens is 279 g/mol. The first-order chi connectivity index (χ1) is 6.31. The van der Waals surface area contributed by atoms with Gasteiger partial charge in [-0.15, -0.1) is 0 Å². The molecule has 1 heterocycles. The third-order valence-electron chi connectivity index (χ3n) is 1.74. The van der Waals surface area contributed by atoms with Crippen LogP contribution < -0.4 is 0 Å². The molecule has 0 atom stereocenters. The van der Waals surface area contributed by atoms with E-state index in [0.717, 1.165) is 20.8 Å². The van der Waals surface area contributed by atoms with Gasteiger partial charge in [0.05, 0.1) is 5.52 Å². The Morgan fingerprint density at radius 2 is 2.15 bits per heavy atom. The fourth-order valence-corrected chi connectivity index (χ4v) is 1.63. The zero-order valence-corrected chi connectivity index (χ0v) is 8.72. The van der Waals surface area contributed by atoms with Gasteiger partial charge in [0.15, 0.2) is 6.29 Å². The zero-order valence-electron chi connectivity index (χ0n) is 6.57. The number of rotatable bonds is 1. The summed E-state index contributed by atoms with van der Waals surface area (Å²) < 4.78 is 1.07. The zero-order chi connectivity index (χ0) is 9.26. The number of hydrogen-bond acceptors (Lipinski definition) is 3. The first-order valence-corrected chi connectivity index (χ1v) is 4.74. The van der Waals surface area contributed by atoms with Crippen molar-refractivity contribution in [1.29, 1.82) is 0 Å². The van der Waals surface area contributed by atoms with E-state index < -0.39 is 0 Å². The Labute approximate surface area is 88.3 Å². The van der Waals surface area contributed by atoms with E-state index in [1.807, 2.05) is 18.2 Å². The van der Waals surface area contributed by atoms with Crippen molar-refractivity contribution in [3.8, 4) is 0 Å². The maximum absolute atomic E-state index is 10.6. The molecule has 1 aromatic carbocycles. The third kappa shape index (κ3) is 1.53. The summed E-state index contributed by atoms with van der Waals surface area (Å²) >= 11 is 2.19. The molecule has 0 bridgehead atoms. The highest BCUT2D eigenvalue weighted by Crippen LogP contribution is 2.16. The van der Waals surface area contributed by atoms with E-state index in [2.05, 4.69) is 32.6 Å². The molecule has 4 heteroatoms. The van der Waals surface area contributed by atoms with Crippen LogP contribution in [0.2, 0.25) is 0 Å². The van der Waals surface area contributed by atoms with E-state index in [4.69, 9.17) is 0 Å². The molecule has 0 unspecified atom stereocenters. The molecule has 0 radical (unpaired) electrons. The second-order valence-electron chi connectivity index (χ2n) is 2.54. The summed E-state index contributed by atoms with van der Waals surface area (Å²) in [5.74, 6) is 0. The molecule has 0 N–H and O–H groups in total. The van der Waals surface area contributed by atoms with Gasteiger partial charge in [-0.2, -0.15) is 0 Å². The van der Waals surface area contributed by atoms with Crippen molar-refractivity contribution in [3.63, 3.8) is 0 Å². The Bertz CT molecular complexity index is 470. The van der Waals surface area contributed by atoms with Crippen LogP contribution >= 0.6 is 22.6 Å². The number of benzene rings is 1. The van der Waals surface area contributed by atoms with Gasteiger partial charge in [-0.3, -0.25) is 4.79 Å². The van der Waals surface area contributed by atoms with E-state index in [1.54, 1.807) is 0 Å². The van der Waals surface area contributed by atoms with Crippen molar-refractivity contribution in [2.45, 2.75) is 0 Å². The van der Waals surface area contributed by atoms with E-state index in [1.165, 1.54) is 6.33 Å². The van der Waals surface area contributed by atoms with Crippen LogP contribution in [0.1, 0.15) is 10.5 Å². The lowest BCUT2D eigenvalue weighted by molar-refractivity contribution is 0.112. The molecule has 2 aromatic rings. The highest BCUT2D eigenvalue weighted by atomic mass is 127. The van der Waals surface area contributed by atoms with Gasteiger partial charge in [-0.05, 0) is 40.8 Å². The molecule has 1 aromatic heterocycles. The summed E-state index contributed by atoms with van der Waals surface area (Å²) in [6, 6.07) is 5.73. The molecule has 13 heavy (non-hydrogen) atoms. The normalized spacial score (nSPS) is 10.2. The van der Waals surface area contributed by atoms with Gasteiger partial charge in [0.2, 0.25) is 0 Å².